The Morgan fingerprint density at radius 2 is 1.91 bits per heavy atom. The highest BCUT2D eigenvalue weighted by atomic mass is 35.5. The SMILES string of the molecule is Cc1cc2c(ccc3sc4ccc(Cl)cc4[n+]32)cc1[N+](=O)[O-].[Cl-]. The van der Waals surface area contributed by atoms with Crippen molar-refractivity contribution in [3.63, 3.8) is 0 Å². The van der Waals surface area contributed by atoms with Gasteiger partial charge in [0.15, 0.2) is 0 Å². The standard InChI is InChI=1S/C16H10ClN2O2S.ClH/c1-9-6-13-10(7-12(9)19(20)21)2-5-16-18(13)14-8-11(17)3-4-15(14)22-16;/h2-8H,1H3;1H/q+1;/p-1. The Bertz CT molecular complexity index is 1090. The molecular formula is C16H10Cl2N2O2S. The highest BCUT2D eigenvalue weighted by Gasteiger charge is 2.21. The van der Waals surface area contributed by atoms with Crippen LogP contribution in [0.3, 0.4) is 0 Å². The number of fused-ring (bicyclic) bond motifs is 5. The van der Waals surface area contributed by atoms with E-state index in [-0.39, 0.29) is 23.0 Å². The van der Waals surface area contributed by atoms with E-state index in [0.717, 1.165) is 25.9 Å². The fourth-order valence-electron chi connectivity index (χ4n) is 2.77. The summed E-state index contributed by atoms with van der Waals surface area (Å²) < 4.78 is 3.24. The smallest absolute Gasteiger partial charge is 0.273 e. The van der Waals surface area contributed by atoms with E-state index in [2.05, 4.69) is 4.40 Å². The van der Waals surface area contributed by atoms with Crippen LogP contribution in [0.1, 0.15) is 5.56 Å². The fourth-order valence-corrected chi connectivity index (χ4v) is 3.97. The molecule has 0 fully saturated rings. The van der Waals surface area contributed by atoms with Crippen molar-refractivity contribution in [3.05, 3.63) is 63.2 Å². The maximum Gasteiger partial charge on any atom is 0.273 e. The molecule has 0 spiro atoms. The van der Waals surface area contributed by atoms with E-state index in [4.69, 9.17) is 11.6 Å². The summed E-state index contributed by atoms with van der Waals surface area (Å²) in [7, 11) is 0. The van der Waals surface area contributed by atoms with Gasteiger partial charge >= 0.3 is 0 Å². The molecular weight excluding hydrogens is 355 g/mol. The second kappa shape index (κ2) is 5.60. The Hall–Kier alpha value is -1.95. The Kier molecular flexibility index (Phi) is 3.88. The number of aryl methyl sites for hydroxylation is 1. The molecule has 116 valence electrons. The summed E-state index contributed by atoms with van der Waals surface area (Å²) in [6.45, 7) is 1.76. The number of nitrogens with zero attached hydrogens (tertiary/aromatic N) is 2. The van der Waals surface area contributed by atoms with E-state index < -0.39 is 0 Å². The van der Waals surface area contributed by atoms with Gasteiger partial charge in [-0.05, 0) is 25.1 Å². The first-order valence-corrected chi connectivity index (χ1v) is 7.85. The highest BCUT2D eigenvalue weighted by Crippen LogP contribution is 2.29. The van der Waals surface area contributed by atoms with Crippen LogP contribution in [0.4, 0.5) is 5.69 Å². The van der Waals surface area contributed by atoms with E-state index in [0.29, 0.717) is 10.6 Å². The van der Waals surface area contributed by atoms with Crippen LogP contribution in [0, 0.1) is 17.0 Å². The predicted molar refractivity (Wildman–Crippen MR) is 88.9 cm³/mol. The molecule has 2 aromatic heterocycles. The lowest BCUT2D eigenvalue weighted by Gasteiger charge is -1.99. The molecule has 0 N–H and O–H groups in total. The molecule has 0 atom stereocenters. The molecule has 0 aliphatic heterocycles. The van der Waals surface area contributed by atoms with Gasteiger partial charge in [-0.3, -0.25) is 10.1 Å². The molecule has 0 bridgehead atoms. The van der Waals surface area contributed by atoms with E-state index in [1.165, 1.54) is 0 Å². The normalized spacial score (nSPS) is 11.0. The van der Waals surface area contributed by atoms with Crippen molar-refractivity contribution in [2.24, 2.45) is 0 Å². The molecule has 2 heterocycles. The lowest BCUT2D eigenvalue weighted by molar-refractivity contribution is -0.446. The Morgan fingerprint density at radius 1 is 1.13 bits per heavy atom. The van der Waals surface area contributed by atoms with E-state index in [1.54, 1.807) is 24.3 Å². The fraction of sp³-hybridized carbons (Fsp3) is 0.0625. The summed E-state index contributed by atoms with van der Waals surface area (Å²) in [6, 6.07) is 13.2. The van der Waals surface area contributed by atoms with Crippen molar-refractivity contribution in [1.29, 1.82) is 0 Å². The van der Waals surface area contributed by atoms with Crippen LogP contribution in [0.25, 0.3) is 25.9 Å². The van der Waals surface area contributed by atoms with Crippen LogP contribution in [0.5, 0.6) is 0 Å². The largest absolute Gasteiger partial charge is 1.00 e. The van der Waals surface area contributed by atoms with Gasteiger partial charge in [0.25, 0.3) is 10.5 Å². The van der Waals surface area contributed by atoms with Crippen LogP contribution in [-0.4, -0.2) is 4.92 Å². The summed E-state index contributed by atoms with van der Waals surface area (Å²) in [5.74, 6) is 0. The minimum Gasteiger partial charge on any atom is -1.00 e. The number of halogens is 2. The van der Waals surface area contributed by atoms with Crippen LogP contribution >= 0.6 is 22.9 Å². The van der Waals surface area contributed by atoms with Crippen LogP contribution in [-0.2, 0) is 0 Å². The predicted octanol–water partition coefficient (Wildman–Crippen LogP) is 1.67. The van der Waals surface area contributed by atoms with Crippen LogP contribution in [0.2, 0.25) is 5.02 Å². The first-order valence-electron chi connectivity index (χ1n) is 6.66. The van der Waals surface area contributed by atoms with Gasteiger partial charge < -0.3 is 12.4 Å². The maximum atomic E-state index is 11.1. The van der Waals surface area contributed by atoms with Gasteiger partial charge in [-0.2, -0.15) is 0 Å². The van der Waals surface area contributed by atoms with Gasteiger partial charge in [-0.25, -0.2) is 0 Å². The molecule has 23 heavy (non-hydrogen) atoms. The Morgan fingerprint density at radius 3 is 2.65 bits per heavy atom. The molecule has 4 rings (SSSR count). The number of pyridine rings is 1. The first-order chi connectivity index (χ1) is 10.5. The maximum absolute atomic E-state index is 11.1. The van der Waals surface area contributed by atoms with Crippen molar-refractivity contribution in [3.8, 4) is 0 Å². The molecule has 0 unspecified atom stereocenters. The van der Waals surface area contributed by atoms with Crippen molar-refractivity contribution >= 4 is 54.6 Å². The zero-order chi connectivity index (χ0) is 15.4. The number of hydrogen-bond donors (Lipinski definition) is 0. The second-order valence-corrected chi connectivity index (χ2v) is 6.67. The van der Waals surface area contributed by atoms with Crippen molar-refractivity contribution in [1.82, 2.24) is 0 Å². The van der Waals surface area contributed by atoms with Crippen LogP contribution < -0.4 is 16.8 Å². The monoisotopic (exact) mass is 364 g/mol. The number of benzene rings is 2. The third-order valence-electron chi connectivity index (χ3n) is 3.79. The Labute approximate surface area is 146 Å². The lowest BCUT2D eigenvalue weighted by atomic mass is 10.1. The summed E-state index contributed by atoms with van der Waals surface area (Å²) in [5, 5.41) is 12.6. The third-order valence-corrected chi connectivity index (χ3v) is 5.11. The average Bonchev–Trinajstić information content (AvgIpc) is 2.84. The van der Waals surface area contributed by atoms with Gasteiger partial charge in [0, 0.05) is 34.9 Å². The lowest BCUT2D eigenvalue weighted by Crippen LogP contribution is -3.00. The van der Waals surface area contributed by atoms with Crippen molar-refractivity contribution < 1.29 is 21.7 Å². The van der Waals surface area contributed by atoms with Gasteiger partial charge in [0.1, 0.15) is 4.70 Å². The zero-order valence-corrected chi connectivity index (χ0v) is 14.2. The average molecular weight is 365 g/mol. The molecule has 0 saturated heterocycles. The molecule has 0 aliphatic carbocycles. The molecule has 2 aromatic carbocycles. The molecule has 0 saturated carbocycles. The van der Waals surface area contributed by atoms with E-state index in [1.807, 2.05) is 36.4 Å². The molecule has 7 heteroatoms. The second-order valence-electron chi connectivity index (χ2n) is 5.18. The van der Waals surface area contributed by atoms with Gasteiger partial charge in [-0.1, -0.05) is 22.9 Å². The molecule has 0 radical (unpaired) electrons. The zero-order valence-electron chi connectivity index (χ0n) is 11.9. The van der Waals surface area contributed by atoms with E-state index in [9.17, 15) is 10.1 Å². The summed E-state index contributed by atoms with van der Waals surface area (Å²) in [6.07, 6.45) is 0. The summed E-state index contributed by atoms with van der Waals surface area (Å²) in [5.41, 5.74) is 2.77. The number of nitro groups is 1. The molecule has 0 aliphatic rings. The number of nitro benzene ring substituents is 1. The summed E-state index contributed by atoms with van der Waals surface area (Å²) in [4.78, 5) is 11.9. The molecule has 4 nitrogen and oxygen atoms in total. The van der Waals surface area contributed by atoms with Crippen molar-refractivity contribution in [2.75, 3.05) is 0 Å². The minimum absolute atomic E-state index is 0. The van der Waals surface area contributed by atoms with Crippen LogP contribution in [0.15, 0.2) is 42.5 Å². The van der Waals surface area contributed by atoms with Gasteiger partial charge in [0.2, 0.25) is 11.0 Å². The quantitative estimate of drug-likeness (QED) is 0.293. The Balaban J connectivity index is 0.00000156. The first kappa shape index (κ1) is 15.9. The molecule has 4 aromatic rings. The molecule has 0 amide bonds. The van der Waals surface area contributed by atoms with Gasteiger partial charge in [-0.15, -0.1) is 4.40 Å². The number of aromatic nitrogens is 1. The minimum atomic E-state index is -0.341. The van der Waals surface area contributed by atoms with E-state index >= 15 is 0 Å². The number of rotatable bonds is 1. The summed E-state index contributed by atoms with van der Waals surface area (Å²) >= 11 is 7.80. The highest BCUT2D eigenvalue weighted by molar-refractivity contribution is 7.23. The number of thiazole rings is 1. The topological polar surface area (TPSA) is 47.2 Å². The van der Waals surface area contributed by atoms with Gasteiger partial charge in [0.05, 0.1) is 10.3 Å². The number of hydrogen-bond acceptors (Lipinski definition) is 3. The third kappa shape index (κ3) is 2.41. The van der Waals surface area contributed by atoms with Crippen molar-refractivity contribution in [2.45, 2.75) is 6.92 Å².